The monoisotopic (exact) mass is 302 g/mol. The SMILES string of the molecule is COc1ccc(C(=O)NCc2cc(C3CCOC3)no2)cc1. The Balaban J connectivity index is 1.56. The molecule has 2 heterocycles. The molecule has 1 aliphatic rings. The van der Waals surface area contributed by atoms with E-state index in [1.165, 1.54) is 0 Å². The van der Waals surface area contributed by atoms with E-state index in [4.69, 9.17) is 14.0 Å². The quantitative estimate of drug-likeness (QED) is 0.915. The Bertz CT molecular complexity index is 630. The van der Waals surface area contributed by atoms with Crippen molar-refractivity contribution >= 4 is 5.91 Å². The van der Waals surface area contributed by atoms with Gasteiger partial charge in [-0.1, -0.05) is 5.16 Å². The van der Waals surface area contributed by atoms with Gasteiger partial charge < -0.3 is 19.3 Å². The zero-order valence-corrected chi connectivity index (χ0v) is 12.4. The molecule has 1 N–H and O–H groups in total. The molecule has 1 atom stereocenters. The number of hydrogen-bond donors (Lipinski definition) is 1. The molecule has 1 fully saturated rings. The van der Waals surface area contributed by atoms with Gasteiger partial charge in [-0.2, -0.15) is 0 Å². The third-order valence-corrected chi connectivity index (χ3v) is 3.70. The molecule has 0 aliphatic carbocycles. The van der Waals surface area contributed by atoms with Crippen molar-refractivity contribution in [1.29, 1.82) is 0 Å². The fraction of sp³-hybridized carbons (Fsp3) is 0.375. The maximum Gasteiger partial charge on any atom is 0.251 e. The Morgan fingerprint density at radius 1 is 1.41 bits per heavy atom. The van der Waals surface area contributed by atoms with Gasteiger partial charge in [-0.25, -0.2) is 0 Å². The summed E-state index contributed by atoms with van der Waals surface area (Å²) in [5.41, 5.74) is 1.47. The first-order chi connectivity index (χ1) is 10.8. The van der Waals surface area contributed by atoms with Gasteiger partial charge in [0.2, 0.25) is 0 Å². The zero-order valence-electron chi connectivity index (χ0n) is 12.4. The summed E-state index contributed by atoms with van der Waals surface area (Å²) in [6.07, 6.45) is 0.962. The summed E-state index contributed by atoms with van der Waals surface area (Å²) in [6.45, 7) is 1.76. The Labute approximate surface area is 128 Å². The number of nitrogens with one attached hydrogen (secondary N) is 1. The molecular weight excluding hydrogens is 284 g/mol. The number of nitrogens with zero attached hydrogens (tertiary/aromatic N) is 1. The summed E-state index contributed by atoms with van der Waals surface area (Å²) in [5, 5.41) is 6.86. The number of aromatic nitrogens is 1. The molecular formula is C16H18N2O4. The van der Waals surface area contributed by atoms with Crippen molar-refractivity contribution in [1.82, 2.24) is 10.5 Å². The molecule has 0 radical (unpaired) electrons. The third-order valence-electron chi connectivity index (χ3n) is 3.70. The third kappa shape index (κ3) is 3.28. The minimum absolute atomic E-state index is 0.162. The van der Waals surface area contributed by atoms with Crippen LogP contribution in [0.3, 0.4) is 0 Å². The second kappa shape index (κ2) is 6.62. The number of hydrogen-bond acceptors (Lipinski definition) is 5. The van der Waals surface area contributed by atoms with E-state index in [1.54, 1.807) is 31.4 Å². The Hall–Kier alpha value is -2.34. The molecule has 6 nitrogen and oxygen atoms in total. The first-order valence-electron chi connectivity index (χ1n) is 7.22. The number of carbonyl (C=O) groups is 1. The molecule has 0 spiro atoms. The lowest BCUT2D eigenvalue weighted by Gasteiger charge is -2.04. The predicted molar refractivity (Wildman–Crippen MR) is 78.8 cm³/mol. The van der Waals surface area contributed by atoms with E-state index in [-0.39, 0.29) is 5.91 Å². The van der Waals surface area contributed by atoms with Gasteiger partial charge >= 0.3 is 0 Å². The van der Waals surface area contributed by atoms with Crippen LogP contribution >= 0.6 is 0 Å². The largest absolute Gasteiger partial charge is 0.497 e. The van der Waals surface area contributed by atoms with Crippen molar-refractivity contribution in [2.75, 3.05) is 20.3 Å². The molecule has 1 unspecified atom stereocenters. The number of rotatable bonds is 5. The van der Waals surface area contributed by atoms with Crippen LogP contribution in [0.25, 0.3) is 0 Å². The van der Waals surface area contributed by atoms with E-state index in [0.29, 0.717) is 30.4 Å². The molecule has 6 heteroatoms. The van der Waals surface area contributed by atoms with Gasteiger partial charge in [-0.15, -0.1) is 0 Å². The lowest BCUT2D eigenvalue weighted by molar-refractivity contribution is 0.0947. The molecule has 116 valence electrons. The smallest absolute Gasteiger partial charge is 0.251 e. The zero-order chi connectivity index (χ0) is 15.4. The second-order valence-corrected chi connectivity index (χ2v) is 5.19. The van der Waals surface area contributed by atoms with Crippen LogP contribution in [0.5, 0.6) is 5.75 Å². The van der Waals surface area contributed by atoms with Crippen LogP contribution in [0, 0.1) is 0 Å². The highest BCUT2D eigenvalue weighted by Crippen LogP contribution is 2.24. The van der Waals surface area contributed by atoms with Gasteiger partial charge in [0.1, 0.15) is 5.75 Å². The highest BCUT2D eigenvalue weighted by Gasteiger charge is 2.21. The van der Waals surface area contributed by atoms with E-state index in [9.17, 15) is 4.79 Å². The molecule has 2 aromatic rings. The van der Waals surface area contributed by atoms with Crippen molar-refractivity contribution in [2.45, 2.75) is 18.9 Å². The average molecular weight is 302 g/mol. The molecule has 1 amide bonds. The molecule has 1 aromatic heterocycles. The minimum atomic E-state index is -0.162. The van der Waals surface area contributed by atoms with Crippen LogP contribution in [0.4, 0.5) is 0 Å². The van der Waals surface area contributed by atoms with Gasteiger partial charge in [0.25, 0.3) is 5.91 Å². The number of amides is 1. The highest BCUT2D eigenvalue weighted by molar-refractivity contribution is 5.94. The molecule has 22 heavy (non-hydrogen) atoms. The summed E-state index contributed by atoms with van der Waals surface area (Å²) >= 11 is 0. The van der Waals surface area contributed by atoms with E-state index in [2.05, 4.69) is 10.5 Å². The maximum absolute atomic E-state index is 12.0. The van der Waals surface area contributed by atoms with Gasteiger partial charge in [-0.05, 0) is 30.7 Å². The lowest BCUT2D eigenvalue weighted by Crippen LogP contribution is -2.22. The van der Waals surface area contributed by atoms with Crippen LogP contribution in [0.2, 0.25) is 0 Å². The van der Waals surface area contributed by atoms with Crippen LogP contribution in [-0.4, -0.2) is 31.4 Å². The number of methoxy groups -OCH3 is 1. The number of carbonyl (C=O) groups excluding carboxylic acids is 1. The summed E-state index contributed by atoms with van der Waals surface area (Å²) < 4.78 is 15.7. The van der Waals surface area contributed by atoms with Gasteiger partial charge in [0, 0.05) is 24.2 Å². The number of ether oxygens (including phenoxy) is 2. The van der Waals surface area contributed by atoms with Crippen LogP contribution in [-0.2, 0) is 11.3 Å². The van der Waals surface area contributed by atoms with Crippen molar-refractivity contribution in [3.63, 3.8) is 0 Å². The van der Waals surface area contributed by atoms with E-state index >= 15 is 0 Å². The summed E-state index contributed by atoms with van der Waals surface area (Å²) in [5.74, 6) is 1.50. The maximum atomic E-state index is 12.0. The predicted octanol–water partition coefficient (Wildman–Crippen LogP) is 2.12. The number of benzene rings is 1. The van der Waals surface area contributed by atoms with Crippen LogP contribution in [0.1, 0.15) is 34.2 Å². The second-order valence-electron chi connectivity index (χ2n) is 5.19. The van der Waals surface area contributed by atoms with Gasteiger partial charge in [-0.3, -0.25) is 4.79 Å². The first kappa shape index (κ1) is 14.6. The van der Waals surface area contributed by atoms with Crippen LogP contribution < -0.4 is 10.1 Å². The highest BCUT2D eigenvalue weighted by atomic mass is 16.5. The fourth-order valence-corrected chi connectivity index (χ4v) is 2.38. The topological polar surface area (TPSA) is 73.6 Å². The van der Waals surface area contributed by atoms with Gasteiger partial charge in [0.15, 0.2) is 5.76 Å². The Kier molecular flexibility index (Phi) is 4.39. The molecule has 1 aromatic carbocycles. The normalized spacial score (nSPS) is 17.4. The summed E-state index contributed by atoms with van der Waals surface area (Å²) in [6, 6.07) is 8.82. The fourth-order valence-electron chi connectivity index (χ4n) is 2.38. The Morgan fingerprint density at radius 2 is 2.23 bits per heavy atom. The summed E-state index contributed by atoms with van der Waals surface area (Å²) in [7, 11) is 1.59. The van der Waals surface area contributed by atoms with Crippen molar-refractivity contribution < 1.29 is 18.8 Å². The molecule has 3 rings (SSSR count). The van der Waals surface area contributed by atoms with Crippen molar-refractivity contribution in [3.05, 3.63) is 47.3 Å². The summed E-state index contributed by atoms with van der Waals surface area (Å²) in [4.78, 5) is 12.0. The van der Waals surface area contributed by atoms with E-state index in [1.807, 2.05) is 6.07 Å². The van der Waals surface area contributed by atoms with E-state index < -0.39 is 0 Å². The lowest BCUT2D eigenvalue weighted by atomic mass is 10.1. The molecule has 1 aliphatic heterocycles. The molecule has 0 bridgehead atoms. The molecule has 0 saturated carbocycles. The van der Waals surface area contributed by atoms with E-state index in [0.717, 1.165) is 24.5 Å². The van der Waals surface area contributed by atoms with Crippen molar-refractivity contribution in [2.24, 2.45) is 0 Å². The average Bonchev–Trinajstić information content (AvgIpc) is 3.23. The Morgan fingerprint density at radius 3 is 2.91 bits per heavy atom. The molecule has 1 saturated heterocycles. The first-order valence-corrected chi connectivity index (χ1v) is 7.22. The van der Waals surface area contributed by atoms with Gasteiger partial charge in [0.05, 0.1) is 26.0 Å². The van der Waals surface area contributed by atoms with Crippen LogP contribution in [0.15, 0.2) is 34.9 Å². The standard InChI is InChI=1S/C16H18N2O4/c1-20-13-4-2-11(3-5-13)16(19)17-9-14-8-15(18-22-14)12-6-7-21-10-12/h2-5,8,12H,6-7,9-10H2,1H3,(H,17,19). The minimum Gasteiger partial charge on any atom is -0.497 e. The van der Waals surface area contributed by atoms with Crippen molar-refractivity contribution in [3.8, 4) is 5.75 Å².